The molecule has 1 aromatic rings. The van der Waals surface area contributed by atoms with Crippen LogP contribution in [0.4, 0.5) is 0 Å². The summed E-state index contributed by atoms with van der Waals surface area (Å²) in [5, 5.41) is 3.71. The number of ether oxygens (including phenoxy) is 2. The number of benzene rings is 1. The molecule has 0 fully saturated rings. The van der Waals surface area contributed by atoms with Crippen LogP contribution in [0.3, 0.4) is 0 Å². The Morgan fingerprint density at radius 3 is 2.83 bits per heavy atom. The van der Waals surface area contributed by atoms with Crippen LogP contribution in [0.1, 0.15) is 12.5 Å². The maximum atomic E-state index is 5.79. The maximum absolute atomic E-state index is 5.79. The molecule has 0 unspecified atom stereocenters. The van der Waals surface area contributed by atoms with E-state index in [1.807, 2.05) is 25.1 Å². The van der Waals surface area contributed by atoms with E-state index in [0.29, 0.717) is 11.6 Å². The second-order valence-electron chi connectivity index (χ2n) is 3.60. The van der Waals surface area contributed by atoms with E-state index in [1.165, 1.54) is 5.54 Å². The van der Waals surface area contributed by atoms with E-state index in [2.05, 4.69) is 5.32 Å². The van der Waals surface area contributed by atoms with Crippen molar-refractivity contribution >= 4 is 23.2 Å². The third-order valence-electron chi connectivity index (χ3n) is 2.32. The van der Waals surface area contributed by atoms with Gasteiger partial charge < -0.3 is 14.8 Å². The highest BCUT2D eigenvalue weighted by Gasteiger charge is 2.06. The largest absolute Gasteiger partial charge is 0.497 e. The molecule has 18 heavy (non-hydrogen) atoms. The van der Waals surface area contributed by atoms with Gasteiger partial charge in [0.15, 0.2) is 0 Å². The van der Waals surface area contributed by atoms with Gasteiger partial charge in [-0.2, -0.15) is 0 Å². The monoisotopic (exact) mass is 289 g/mol. The standard InChI is InChI=1S/C13H17Cl2NO2/c1-3-16-8-10-6-12(17-2)4-5-13(10)18-9-11(15)7-14/h4-7,16H,3,8-9H2,1-2H3. The molecule has 0 aliphatic carbocycles. The molecule has 0 saturated carbocycles. The number of nitrogens with one attached hydrogen (secondary N) is 1. The van der Waals surface area contributed by atoms with E-state index >= 15 is 0 Å². The summed E-state index contributed by atoms with van der Waals surface area (Å²) in [5.74, 6) is 1.57. The van der Waals surface area contributed by atoms with Crippen molar-refractivity contribution in [1.82, 2.24) is 5.32 Å². The van der Waals surface area contributed by atoms with Crippen LogP contribution in [0.5, 0.6) is 11.5 Å². The molecule has 0 aliphatic rings. The molecule has 100 valence electrons. The Morgan fingerprint density at radius 2 is 2.22 bits per heavy atom. The van der Waals surface area contributed by atoms with E-state index in [-0.39, 0.29) is 6.61 Å². The lowest BCUT2D eigenvalue weighted by molar-refractivity contribution is 0.352. The van der Waals surface area contributed by atoms with Crippen LogP contribution in [-0.4, -0.2) is 20.3 Å². The number of methoxy groups -OCH3 is 1. The fourth-order valence-electron chi connectivity index (χ4n) is 1.40. The molecule has 0 bridgehead atoms. The van der Waals surface area contributed by atoms with E-state index in [4.69, 9.17) is 32.7 Å². The summed E-state index contributed by atoms with van der Waals surface area (Å²) in [7, 11) is 1.64. The average Bonchev–Trinajstić information content (AvgIpc) is 2.42. The van der Waals surface area contributed by atoms with Crippen molar-refractivity contribution in [3.05, 3.63) is 34.3 Å². The Balaban J connectivity index is 2.80. The molecule has 0 heterocycles. The van der Waals surface area contributed by atoms with Gasteiger partial charge in [0.1, 0.15) is 18.1 Å². The van der Waals surface area contributed by atoms with E-state index < -0.39 is 0 Å². The zero-order valence-corrected chi connectivity index (χ0v) is 12.0. The van der Waals surface area contributed by atoms with Crippen molar-refractivity contribution in [2.75, 3.05) is 20.3 Å². The van der Waals surface area contributed by atoms with Gasteiger partial charge >= 0.3 is 0 Å². The SMILES string of the molecule is CCNCc1cc(OC)ccc1OCC(Cl)=CCl. The summed E-state index contributed by atoms with van der Waals surface area (Å²) >= 11 is 11.3. The molecular formula is C13H17Cl2NO2. The molecule has 0 spiro atoms. The lowest BCUT2D eigenvalue weighted by atomic mass is 10.2. The van der Waals surface area contributed by atoms with Crippen molar-refractivity contribution in [2.24, 2.45) is 0 Å². The second-order valence-corrected chi connectivity index (χ2v) is 4.30. The fraction of sp³-hybridized carbons (Fsp3) is 0.385. The number of hydrogen-bond donors (Lipinski definition) is 1. The Bertz CT molecular complexity index is 408. The van der Waals surface area contributed by atoms with Crippen LogP contribution < -0.4 is 14.8 Å². The van der Waals surface area contributed by atoms with Crippen molar-refractivity contribution in [3.8, 4) is 11.5 Å². The van der Waals surface area contributed by atoms with Crippen LogP contribution in [-0.2, 0) is 6.54 Å². The first-order valence-electron chi connectivity index (χ1n) is 5.66. The summed E-state index contributed by atoms with van der Waals surface area (Å²) in [5.41, 5.74) is 2.32. The zero-order valence-electron chi connectivity index (χ0n) is 10.5. The molecule has 0 aliphatic heterocycles. The van der Waals surface area contributed by atoms with Gasteiger partial charge in [-0.3, -0.25) is 0 Å². The van der Waals surface area contributed by atoms with Gasteiger partial charge in [-0.1, -0.05) is 30.1 Å². The van der Waals surface area contributed by atoms with E-state index in [1.54, 1.807) is 7.11 Å². The summed E-state index contributed by atoms with van der Waals surface area (Å²) in [6.07, 6.45) is 0. The summed E-state index contributed by atoms with van der Waals surface area (Å²) < 4.78 is 10.8. The third kappa shape index (κ3) is 4.77. The first-order chi connectivity index (χ1) is 8.71. The molecule has 0 saturated heterocycles. The van der Waals surface area contributed by atoms with Crippen molar-refractivity contribution in [2.45, 2.75) is 13.5 Å². The van der Waals surface area contributed by atoms with Crippen LogP contribution >= 0.6 is 23.2 Å². The minimum absolute atomic E-state index is 0.260. The Kier molecular flexibility index (Phi) is 6.94. The van der Waals surface area contributed by atoms with Gasteiger partial charge in [0.05, 0.1) is 12.1 Å². The van der Waals surface area contributed by atoms with Crippen molar-refractivity contribution < 1.29 is 9.47 Å². The van der Waals surface area contributed by atoms with Gasteiger partial charge in [0.2, 0.25) is 0 Å². The molecule has 5 heteroatoms. The lowest BCUT2D eigenvalue weighted by Crippen LogP contribution is -2.13. The number of halogens is 2. The van der Waals surface area contributed by atoms with Crippen LogP contribution in [0.25, 0.3) is 0 Å². The van der Waals surface area contributed by atoms with Gasteiger partial charge in [0, 0.05) is 17.6 Å². The van der Waals surface area contributed by atoms with Crippen LogP contribution in [0.15, 0.2) is 28.8 Å². The molecule has 3 nitrogen and oxygen atoms in total. The summed E-state index contributed by atoms with van der Waals surface area (Å²) in [6, 6.07) is 5.66. The van der Waals surface area contributed by atoms with Crippen molar-refractivity contribution in [1.29, 1.82) is 0 Å². The smallest absolute Gasteiger partial charge is 0.125 e. The first-order valence-corrected chi connectivity index (χ1v) is 6.47. The third-order valence-corrected chi connectivity index (χ3v) is 2.91. The fourth-order valence-corrected chi connectivity index (χ4v) is 1.52. The highest BCUT2D eigenvalue weighted by atomic mass is 35.5. The molecular weight excluding hydrogens is 273 g/mol. The van der Waals surface area contributed by atoms with Crippen LogP contribution in [0, 0.1) is 0 Å². The minimum atomic E-state index is 0.260. The maximum Gasteiger partial charge on any atom is 0.125 e. The predicted octanol–water partition coefficient (Wildman–Crippen LogP) is 3.50. The van der Waals surface area contributed by atoms with Gasteiger partial charge in [-0.25, -0.2) is 0 Å². The number of rotatable bonds is 7. The summed E-state index contributed by atoms with van der Waals surface area (Å²) in [6.45, 7) is 3.91. The molecule has 0 aromatic heterocycles. The van der Waals surface area contributed by atoms with Gasteiger partial charge in [-0.05, 0) is 24.7 Å². The van der Waals surface area contributed by atoms with Gasteiger partial charge in [0.25, 0.3) is 0 Å². The molecule has 0 radical (unpaired) electrons. The lowest BCUT2D eigenvalue weighted by Gasteiger charge is -2.13. The summed E-state index contributed by atoms with van der Waals surface area (Å²) in [4.78, 5) is 0. The highest BCUT2D eigenvalue weighted by molar-refractivity contribution is 6.36. The molecule has 0 atom stereocenters. The average molecular weight is 290 g/mol. The minimum Gasteiger partial charge on any atom is -0.497 e. The number of hydrogen-bond acceptors (Lipinski definition) is 3. The Hall–Kier alpha value is -0.900. The predicted molar refractivity (Wildman–Crippen MR) is 75.7 cm³/mol. The Labute approximate surface area is 118 Å². The molecule has 1 aromatic carbocycles. The normalized spacial score (nSPS) is 11.4. The van der Waals surface area contributed by atoms with E-state index in [9.17, 15) is 0 Å². The van der Waals surface area contributed by atoms with E-state index in [0.717, 1.165) is 23.6 Å². The Morgan fingerprint density at radius 1 is 1.44 bits per heavy atom. The molecule has 1 N–H and O–H groups in total. The molecule has 1 rings (SSSR count). The topological polar surface area (TPSA) is 30.5 Å². The zero-order chi connectivity index (χ0) is 13.4. The second kappa shape index (κ2) is 8.25. The van der Waals surface area contributed by atoms with Gasteiger partial charge in [-0.15, -0.1) is 0 Å². The van der Waals surface area contributed by atoms with Crippen LogP contribution in [0.2, 0.25) is 0 Å². The first kappa shape index (κ1) is 15.2. The highest BCUT2D eigenvalue weighted by Crippen LogP contribution is 2.25. The quantitative estimate of drug-likeness (QED) is 0.833. The molecule has 0 amide bonds. The van der Waals surface area contributed by atoms with Crippen molar-refractivity contribution in [3.63, 3.8) is 0 Å².